The van der Waals surface area contributed by atoms with Gasteiger partial charge in [0.05, 0.1) is 33.7 Å². The molecule has 3 N–H and O–H groups in total. The van der Waals surface area contributed by atoms with E-state index in [1.165, 1.54) is 12.8 Å². The summed E-state index contributed by atoms with van der Waals surface area (Å²) >= 11 is 0. The number of aryl methyl sites for hydroxylation is 4. The summed E-state index contributed by atoms with van der Waals surface area (Å²) in [5.41, 5.74) is 4.32. The highest BCUT2D eigenvalue weighted by Gasteiger charge is 2.20. The van der Waals surface area contributed by atoms with E-state index in [0.717, 1.165) is 35.6 Å². The maximum absolute atomic E-state index is 12.8. The first-order valence-electron chi connectivity index (χ1n) is 12.5. The van der Waals surface area contributed by atoms with Crippen LogP contribution in [0.15, 0.2) is 24.7 Å². The Balaban J connectivity index is 1.30. The van der Waals surface area contributed by atoms with Crippen molar-refractivity contribution in [3.8, 4) is 0 Å². The molecule has 0 aromatic carbocycles. The molecule has 0 unspecified atom stereocenters. The van der Waals surface area contributed by atoms with Gasteiger partial charge in [-0.3, -0.25) is 19.4 Å². The Hall–Kier alpha value is -4.06. The molecule has 5 heterocycles. The highest BCUT2D eigenvalue weighted by Crippen LogP contribution is 2.27. The largest absolute Gasteiger partial charge is 0.351 e. The predicted octanol–water partition coefficient (Wildman–Crippen LogP) is 2.81. The highest BCUT2D eigenvalue weighted by molar-refractivity contribution is 5.96. The van der Waals surface area contributed by atoms with Gasteiger partial charge in [0.25, 0.3) is 5.91 Å². The lowest BCUT2D eigenvalue weighted by Crippen LogP contribution is -2.36. The third-order valence-corrected chi connectivity index (χ3v) is 6.82. The number of pyridine rings is 1. The van der Waals surface area contributed by atoms with Gasteiger partial charge in [0.1, 0.15) is 0 Å². The molecule has 1 fully saturated rings. The summed E-state index contributed by atoms with van der Waals surface area (Å²) in [6.45, 7) is 8.61. The molecule has 1 aliphatic rings. The van der Waals surface area contributed by atoms with Crippen molar-refractivity contribution in [2.45, 2.75) is 39.7 Å². The molecule has 0 radical (unpaired) electrons. The van der Waals surface area contributed by atoms with E-state index in [1.807, 2.05) is 34.1 Å². The lowest BCUT2D eigenvalue weighted by Gasteiger charge is -2.20. The third kappa shape index (κ3) is 5.24. The quantitative estimate of drug-likeness (QED) is 0.332. The third-order valence-electron chi connectivity index (χ3n) is 6.82. The highest BCUT2D eigenvalue weighted by atomic mass is 16.1. The SMILES string of the molecule is Cc1nn(C)cc1Nc1ncc2c(Nc3cc(C(=O)NCCN4CCC[C@@H]4C)cnc3C)nn(C)c2n1. The molecule has 194 valence electrons. The maximum Gasteiger partial charge on any atom is 0.252 e. The summed E-state index contributed by atoms with van der Waals surface area (Å²) in [7, 11) is 3.70. The fourth-order valence-corrected chi connectivity index (χ4v) is 4.68. The number of likely N-dealkylation sites (tertiary alicyclic amines) is 1. The lowest BCUT2D eigenvalue weighted by molar-refractivity contribution is 0.0947. The van der Waals surface area contributed by atoms with Gasteiger partial charge in [0, 0.05) is 51.8 Å². The van der Waals surface area contributed by atoms with Gasteiger partial charge in [-0.15, -0.1) is 0 Å². The molecular weight excluding hydrogens is 470 g/mol. The van der Waals surface area contributed by atoms with Crippen molar-refractivity contribution < 1.29 is 4.79 Å². The molecular formula is C25H33N11O. The fraction of sp³-hybridized carbons (Fsp3) is 0.440. The first kappa shape index (κ1) is 24.6. The number of hydrogen-bond donors (Lipinski definition) is 3. The van der Waals surface area contributed by atoms with Gasteiger partial charge in [0.2, 0.25) is 5.95 Å². The van der Waals surface area contributed by atoms with Gasteiger partial charge < -0.3 is 16.0 Å². The monoisotopic (exact) mass is 503 g/mol. The van der Waals surface area contributed by atoms with E-state index in [4.69, 9.17) is 0 Å². The van der Waals surface area contributed by atoms with Gasteiger partial charge in [0.15, 0.2) is 11.5 Å². The second kappa shape index (κ2) is 10.1. The van der Waals surface area contributed by atoms with Gasteiger partial charge >= 0.3 is 0 Å². The predicted molar refractivity (Wildman–Crippen MR) is 142 cm³/mol. The van der Waals surface area contributed by atoms with Gasteiger partial charge in [-0.25, -0.2) is 9.67 Å². The number of amides is 1. The van der Waals surface area contributed by atoms with Crippen LogP contribution in [-0.4, -0.2) is 71.0 Å². The number of hydrogen-bond acceptors (Lipinski definition) is 9. The Morgan fingerprint density at radius 1 is 1.08 bits per heavy atom. The fourth-order valence-electron chi connectivity index (χ4n) is 4.68. The molecule has 1 aliphatic heterocycles. The lowest BCUT2D eigenvalue weighted by atomic mass is 10.2. The second-order valence-electron chi connectivity index (χ2n) is 9.60. The Kier molecular flexibility index (Phi) is 6.74. The van der Waals surface area contributed by atoms with Crippen LogP contribution in [0.5, 0.6) is 0 Å². The van der Waals surface area contributed by atoms with E-state index in [-0.39, 0.29) is 5.91 Å². The molecule has 0 aliphatic carbocycles. The maximum atomic E-state index is 12.8. The van der Waals surface area contributed by atoms with Crippen molar-refractivity contribution in [2.24, 2.45) is 14.1 Å². The molecule has 1 amide bonds. The number of aromatic nitrogens is 7. The average Bonchev–Trinajstić information content (AvgIpc) is 3.52. The summed E-state index contributed by atoms with van der Waals surface area (Å²) in [4.78, 5) is 28.8. The minimum atomic E-state index is -0.141. The molecule has 4 aromatic rings. The van der Waals surface area contributed by atoms with Crippen LogP contribution in [0, 0.1) is 13.8 Å². The number of nitrogens with one attached hydrogen (secondary N) is 3. The van der Waals surface area contributed by atoms with E-state index in [9.17, 15) is 4.79 Å². The van der Waals surface area contributed by atoms with Crippen LogP contribution in [0.2, 0.25) is 0 Å². The van der Waals surface area contributed by atoms with Crippen molar-refractivity contribution in [2.75, 3.05) is 30.3 Å². The van der Waals surface area contributed by atoms with E-state index in [1.54, 1.807) is 27.8 Å². The van der Waals surface area contributed by atoms with Crippen LogP contribution in [0.3, 0.4) is 0 Å². The van der Waals surface area contributed by atoms with Crippen molar-refractivity contribution >= 4 is 40.1 Å². The van der Waals surface area contributed by atoms with E-state index < -0.39 is 0 Å². The van der Waals surface area contributed by atoms with Crippen LogP contribution in [0.4, 0.5) is 23.1 Å². The molecule has 1 saturated heterocycles. The van der Waals surface area contributed by atoms with E-state index in [0.29, 0.717) is 41.3 Å². The van der Waals surface area contributed by atoms with Crippen LogP contribution in [-0.2, 0) is 14.1 Å². The van der Waals surface area contributed by atoms with E-state index in [2.05, 4.69) is 52.9 Å². The molecule has 5 rings (SSSR count). The average molecular weight is 504 g/mol. The summed E-state index contributed by atoms with van der Waals surface area (Å²) in [6, 6.07) is 2.38. The van der Waals surface area contributed by atoms with E-state index >= 15 is 0 Å². The van der Waals surface area contributed by atoms with Gasteiger partial charge in [-0.2, -0.15) is 15.2 Å². The number of rotatable bonds is 8. The van der Waals surface area contributed by atoms with Crippen LogP contribution >= 0.6 is 0 Å². The Morgan fingerprint density at radius 3 is 2.65 bits per heavy atom. The molecule has 12 nitrogen and oxygen atoms in total. The zero-order valence-electron chi connectivity index (χ0n) is 21.9. The van der Waals surface area contributed by atoms with Crippen LogP contribution in [0.1, 0.15) is 41.5 Å². The van der Waals surface area contributed by atoms with Crippen molar-refractivity contribution in [1.29, 1.82) is 0 Å². The summed E-state index contributed by atoms with van der Waals surface area (Å²) in [5, 5.41) is 19.2. The van der Waals surface area contributed by atoms with Crippen molar-refractivity contribution in [3.05, 3.63) is 41.6 Å². The second-order valence-corrected chi connectivity index (χ2v) is 9.60. The summed E-state index contributed by atoms with van der Waals surface area (Å²) in [5.74, 6) is 0.906. The molecule has 0 saturated carbocycles. The number of nitrogens with zero attached hydrogens (tertiary/aromatic N) is 8. The minimum absolute atomic E-state index is 0.141. The number of fused-ring (bicyclic) bond motifs is 1. The molecule has 0 bridgehead atoms. The van der Waals surface area contributed by atoms with Gasteiger partial charge in [-0.05, 0) is 46.2 Å². The topological polar surface area (TPSA) is 131 Å². The van der Waals surface area contributed by atoms with Crippen molar-refractivity contribution in [3.63, 3.8) is 0 Å². The first-order valence-corrected chi connectivity index (χ1v) is 12.5. The Bertz CT molecular complexity index is 1440. The van der Waals surface area contributed by atoms with Crippen LogP contribution in [0.25, 0.3) is 11.0 Å². The minimum Gasteiger partial charge on any atom is -0.351 e. The summed E-state index contributed by atoms with van der Waals surface area (Å²) < 4.78 is 3.43. The zero-order chi connectivity index (χ0) is 26.1. The molecule has 37 heavy (non-hydrogen) atoms. The number of carbonyl (C=O) groups is 1. The number of anilines is 4. The van der Waals surface area contributed by atoms with Crippen molar-refractivity contribution in [1.82, 2.24) is 44.7 Å². The number of carbonyl (C=O) groups excluding carboxylic acids is 1. The smallest absolute Gasteiger partial charge is 0.252 e. The Morgan fingerprint density at radius 2 is 1.92 bits per heavy atom. The molecule has 4 aromatic heterocycles. The van der Waals surface area contributed by atoms with Crippen LogP contribution < -0.4 is 16.0 Å². The molecule has 12 heteroatoms. The normalized spacial score (nSPS) is 15.9. The Labute approximate surface area is 215 Å². The first-order chi connectivity index (χ1) is 17.8. The molecule has 0 spiro atoms. The standard InChI is InChI=1S/C25H33N11O/c1-15-7-6-9-36(15)10-8-26-24(37)18-11-20(16(2)27-12-18)29-22-19-13-28-25(31-23(19)35(5)33-22)30-21-14-34(4)32-17(21)3/h11-15H,6-10H2,1-5H3,(H,26,37)(H,29,33)(H,28,30,31)/t15-/m0/s1. The van der Waals surface area contributed by atoms with Gasteiger partial charge in [-0.1, -0.05) is 0 Å². The zero-order valence-corrected chi connectivity index (χ0v) is 21.9. The summed E-state index contributed by atoms with van der Waals surface area (Å²) in [6.07, 6.45) is 7.66. The molecule has 1 atom stereocenters.